The lowest BCUT2D eigenvalue weighted by Crippen LogP contribution is -1.80. The standard InChI is InChI=1S/C24H16N2.CH4/c25-17-22-13-11-20(12-14-22)6-5-19-7-9-21(10-8-19)15-16-23-3-1-2-4-24(23)18-26;/h1-16H;1H4/b6-5+,16-15+;. The predicted octanol–water partition coefficient (Wildman–Crippen LogP) is 6.41. The Morgan fingerprint density at radius 1 is 0.556 bits per heavy atom. The van der Waals surface area contributed by atoms with Gasteiger partial charge in [0, 0.05) is 0 Å². The lowest BCUT2D eigenvalue weighted by Gasteiger charge is -1.99. The van der Waals surface area contributed by atoms with Crippen LogP contribution in [0.4, 0.5) is 0 Å². The average Bonchev–Trinajstić information content (AvgIpc) is 2.72. The highest BCUT2D eigenvalue weighted by atomic mass is 14.2. The average molecular weight is 348 g/mol. The molecule has 0 amide bonds. The molecule has 0 aliphatic carbocycles. The summed E-state index contributed by atoms with van der Waals surface area (Å²) in [6.45, 7) is 0. The summed E-state index contributed by atoms with van der Waals surface area (Å²) in [6.07, 6.45) is 8.03. The Morgan fingerprint density at radius 2 is 1.04 bits per heavy atom. The molecular formula is C25H20N2. The molecule has 2 heteroatoms. The number of nitrogens with zero attached hydrogens (tertiary/aromatic N) is 2. The first-order chi connectivity index (χ1) is 12.8. The summed E-state index contributed by atoms with van der Waals surface area (Å²) in [5.41, 5.74) is 5.49. The van der Waals surface area contributed by atoms with Gasteiger partial charge in [-0.15, -0.1) is 0 Å². The maximum atomic E-state index is 9.13. The molecule has 0 atom stereocenters. The largest absolute Gasteiger partial charge is 0.192 e. The molecule has 0 saturated carbocycles. The van der Waals surface area contributed by atoms with Gasteiger partial charge in [-0.2, -0.15) is 10.5 Å². The van der Waals surface area contributed by atoms with Crippen LogP contribution in [-0.4, -0.2) is 0 Å². The summed E-state index contributed by atoms with van der Waals surface area (Å²) < 4.78 is 0. The van der Waals surface area contributed by atoms with Crippen LogP contribution in [0.25, 0.3) is 24.3 Å². The molecule has 0 aliphatic heterocycles. The number of nitriles is 2. The second-order valence-corrected chi connectivity index (χ2v) is 5.77. The lowest BCUT2D eigenvalue weighted by molar-refractivity contribution is 1.47. The summed E-state index contributed by atoms with van der Waals surface area (Å²) >= 11 is 0. The molecule has 130 valence electrons. The third kappa shape index (κ3) is 5.30. The molecule has 3 aromatic carbocycles. The summed E-state index contributed by atoms with van der Waals surface area (Å²) in [4.78, 5) is 0. The maximum Gasteiger partial charge on any atom is 0.0997 e. The molecule has 3 aromatic rings. The highest BCUT2D eigenvalue weighted by Gasteiger charge is 1.96. The molecule has 0 radical (unpaired) electrons. The molecule has 3 rings (SSSR count). The Morgan fingerprint density at radius 3 is 1.56 bits per heavy atom. The highest BCUT2D eigenvalue weighted by molar-refractivity contribution is 5.74. The van der Waals surface area contributed by atoms with Crippen molar-refractivity contribution in [3.8, 4) is 12.1 Å². The Kier molecular flexibility index (Phi) is 6.89. The van der Waals surface area contributed by atoms with Gasteiger partial charge >= 0.3 is 0 Å². The van der Waals surface area contributed by atoms with Crippen molar-refractivity contribution >= 4 is 24.3 Å². The van der Waals surface area contributed by atoms with Crippen LogP contribution >= 0.6 is 0 Å². The fourth-order valence-corrected chi connectivity index (χ4v) is 2.51. The smallest absolute Gasteiger partial charge is 0.0997 e. The van der Waals surface area contributed by atoms with E-state index in [9.17, 15) is 0 Å². The monoisotopic (exact) mass is 348 g/mol. The molecule has 0 bridgehead atoms. The molecule has 0 aromatic heterocycles. The van der Waals surface area contributed by atoms with E-state index < -0.39 is 0 Å². The van der Waals surface area contributed by atoms with E-state index in [0.29, 0.717) is 11.1 Å². The van der Waals surface area contributed by atoms with Crippen LogP contribution in [0.15, 0.2) is 72.8 Å². The van der Waals surface area contributed by atoms with E-state index in [4.69, 9.17) is 10.5 Å². The quantitative estimate of drug-likeness (QED) is 0.512. The normalized spacial score (nSPS) is 10.3. The molecule has 0 N–H and O–H groups in total. The van der Waals surface area contributed by atoms with Gasteiger partial charge in [0.15, 0.2) is 0 Å². The zero-order valence-electron chi connectivity index (χ0n) is 14.1. The van der Waals surface area contributed by atoms with E-state index in [-0.39, 0.29) is 7.43 Å². The van der Waals surface area contributed by atoms with Crippen LogP contribution in [0, 0.1) is 22.7 Å². The van der Waals surface area contributed by atoms with E-state index in [1.807, 2.05) is 85.0 Å². The molecule has 2 nitrogen and oxygen atoms in total. The molecule has 0 saturated heterocycles. The van der Waals surface area contributed by atoms with Crippen molar-refractivity contribution in [1.29, 1.82) is 10.5 Å². The van der Waals surface area contributed by atoms with Crippen molar-refractivity contribution < 1.29 is 0 Å². The van der Waals surface area contributed by atoms with Gasteiger partial charge in [-0.05, 0) is 40.5 Å². The second kappa shape index (κ2) is 9.56. The Balaban J connectivity index is 0.00000261. The summed E-state index contributed by atoms with van der Waals surface area (Å²) in [6, 6.07) is 27.5. The topological polar surface area (TPSA) is 47.6 Å². The molecule has 0 spiro atoms. The van der Waals surface area contributed by atoms with Crippen LogP contribution in [-0.2, 0) is 0 Å². The van der Waals surface area contributed by atoms with Crippen molar-refractivity contribution in [2.24, 2.45) is 0 Å². The van der Waals surface area contributed by atoms with Gasteiger partial charge in [-0.3, -0.25) is 0 Å². The van der Waals surface area contributed by atoms with Crippen LogP contribution < -0.4 is 0 Å². The van der Waals surface area contributed by atoms with E-state index in [2.05, 4.69) is 24.3 Å². The van der Waals surface area contributed by atoms with Gasteiger partial charge in [-0.25, -0.2) is 0 Å². The first-order valence-corrected chi connectivity index (χ1v) is 8.24. The zero-order chi connectivity index (χ0) is 18.2. The first-order valence-electron chi connectivity index (χ1n) is 8.24. The van der Waals surface area contributed by atoms with E-state index in [1.165, 1.54) is 0 Å². The van der Waals surface area contributed by atoms with Crippen LogP contribution in [0.5, 0.6) is 0 Å². The van der Waals surface area contributed by atoms with Crippen LogP contribution in [0.2, 0.25) is 0 Å². The van der Waals surface area contributed by atoms with E-state index in [0.717, 1.165) is 22.3 Å². The molecule has 27 heavy (non-hydrogen) atoms. The minimum atomic E-state index is 0. The summed E-state index contributed by atoms with van der Waals surface area (Å²) in [5.74, 6) is 0. The third-order valence-corrected chi connectivity index (χ3v) is 3.98. The predicted molar refractivity (Wildman–Crippen MR) is 113 cm³/mol. The van der Waals surface area contributed by atoms with Crippen molar-refractivity contribution in [1.82, 2.24) is 0 Å². The van der Waals surface area contributed by atoms with Gasteiger partial charge < -0.3 is 0 Å². The van der Waals surface area contributed by atoms with E-state index >= 15 is 0 Å². The summed E-state index contributed by atoms with van der Waals surface area (Å²) in [5, 5.41) is 17.9. The zero-order valence-corrected chi connectivity index (χ0v) is 14.1. The molecule has 0 heterocycles. The van der Waals surface area contributed by atoms with Gasteiger partial charge in [-0.1, -0.05) is 86.3 Å². The van der Waals surface area contributed by atoms with Gasteiger partial charge in [0.05, 0.1) is 23.3 Å². The molecule has 0 fully saturated rings. The maximum absolute atomic E-state index is 9.13. The fourth-order valence-electron chi connectivity index (χ4n) is 2.51. The molecule has 0 aliphatic rings. The van der Waals surface area contributed by atoms with Crippen molar-refractivity contribution in [2.45, 2.75) is 7.43 Å². The first kappa shape index (κ1) is 19.4. The second-order valence-electron chi connectivity index (χ2n) is 5.77. The van der Waals surface area contributed by atoms with E-state index in [1.54, 1.807) is 0 Å². The van der Waals surface area contributed by atoms with Crippen molar-refractivity contribution in [3.05, 3.63) is 106 Å². The molecular weight excluding hydrogens is 328 g/mol. The van der Waals surface area contributed by atoms with Crippen molar-refractivity contribution in [3.63, 3.8) is 0 Å². The minimum Gasteiger partial charge on any atom is -0.192 e. The van der Waals surface area contributed by atoms with Gasteiger partial charge in [0.25, 0.3) is 0 Å². The minimum absolute atomic E-state index is 0. The third-order valence-electron chi connectivity index (χ3n) is 3.98. The van der Waals surface area contributed by atoms with Crippen LogP contribution in [0.1, 0.15) is 40.8 Å². The Labute approximate surface area is 161 Å². The van der Waals surface area contributed by atoms with Crippen molar-refractivity contribution in [2.75, 3.05) is 0 Å². The number of benzene rings is 3. The SMILES string of the molecule is C.N#Cc1ccc(/C=C/c2ccc(/C=C/c3ccccc3C#N)cc2)cc1. The number of hydrogen-bond donors (Lipinski definition) is 0. The Bertz CT molecular complexity index is 1030. The van der Waals surface area contributed by atoms with Crippen LogP contribution in [0.3, 0.4) is 0 Å². The highest BCUT2D eigenvalue weighted by Crippen LogP contribution is 2.14. The van der Waals surface area contributed by atoms with Gasteiger partial charge in [0.2, 0.25) is 0 Å². The number of rotatable bonds is 4. The Hall–Kier alpha value is -3.88. The lowest BCUT2D eigenvalue weighted by atomic mass is 10.1. The molecule has 0 unspecified atom stereocenters. The number of hydrogen-bond acceptors (Lipinski definition) is 2. The van der Waals surface area contributed by atoms with Gasteiger partial charge in [0.1, 0.15) is 0 Å². The summed E-state index contributed by atoms with van der Waals surface area (Å²) in [7, 11) is 0. The fraction of sp³-hybridized carbons (Fsp3) is 0.0400.